The predicted molar refractivity (Wildman–Crippen MR) is 96.6 cm³/mol. The molecule has 0 unspecified atom stereocenters. The molecule has 136 valence electrons. The van der Waals surface area contributed by atoms with E-state index in [0.717, 1.165) is 50.3 Å². The van der Waals surface area contributed by atoms with E-state index in [9.17, 15) is 4.79 Å². The zero-order chi connectivity index (χ0) is 17.6. The number of rotatable bonds is 3. The molecular formula is C18H28N6O. The first-order valence-corrected chi connectivity index (χ1v) is 9.35. The van der Waals surface area contributed by atoms with Crippen molar-refractivity contribution in [3.63, 3.8) is 0 Å². The van der Waals surface area contributed by atoms with E-state index in [1.54, 1.807) is 6.20 Å². The number of likely N-dealkylation sites (tertiary alicyclic amines) is 1. The summed E-state index contributed by atoms with van der Waals surface area (Å²) in [5.41, 5.74) is 7.64. The van der Waals surface area contributed by atoms with Crippen LogP contribution in [0, 0.1) is 18.8 Å². The number of carbonyl (C=O) groups excluding carboxylic acids is 1. The Labute approximate surface area is 149 Å². The molecule has 3 heterocycles. The largest absolute Gasteiger partial charge is 0.338 e. The molecule has 1 aliphatic carbocycles. The SMILES string of the molecule is Cc1nc(N2CCN(C)CC2)ncc1C(=O)N1C[C@@H](N)[C@H](C2CC2)C1. The van der Waals surface area contributed by atoms with Crippen molar-refractivity contribution in [2.45, 2.75) is 25.8 Å². The molecule has 0 radical (unpaired) electrons. The fourth-order valence-electron chi connectivity index (χ4n) is 4.04. The van der Waals surface area contributed by atoms with Gasteiger partial charge in [-0.25, -0.2) is 9.97 Å². The maximum absolute atomic E-state index is 12.9. The number of piperazine rings is 1. The van der Waals surface area contributed by atoms with Crippen LogP contribution in [-0.2, 0) is 0 Å². The fraction of sp³-hybridized carbons (Fsp3) is 0.722. The maximum Gasteiger partial charge on any atom is 0.257 e. The Kier molecular flexibility index (Phi) is 4.37. The topological polar surface area (TPSA) is 78.6 Å². The Morgan fingerprint density at radius 3 is 2.56 bits per heavy atom. The minimum Gasteiger partial charge on any atom is -0.338 e. The molecule has 7 heteroatoms. The monoisotopic (exact) mass is 344 g/mol. The number of nitrogens with two attached hydrogens (primary N) is 1. The van der Waals surface area contributed by atoms with Crippen LogP contribution >= 0.6 is 0 Å². The number of aromatic nitrogens is 2. The second kappa shape index (κ2) is 6.53. The summed E-state index contributed by atoms with van der Waals surface area (Å²) in [6, 6.07) is 0.113. The van der Waals surface area contributed by atoms with Crippen molar-refractivity contribution in [1.82, 2.24) is 19.8 Å². The molecule has 3 aliphatic rings. The predicted octanol–water partition coefficient (Wildman–Crippen LogP) is 0.346. The summed E-state index contributed by atoms with van der Waals surface area (Å²) in [7, 11) is 2.13. The summed E-state index contributed by atoms with van der Waals surface area (Å²) in [6.07, 6.45) is 4.23. The molecule has 2 atom stereocenters. The number of aryl methyl sites for hydroxylation is 1. The van der Waals surface area contributed by atoms with Crippen LogP contribution in [0.4, 0.5) is 5.95 Å². The van der Waals surface area contributed by atoms with E-state index in [0.29, 0.717) is 18.0 Å². The molecule has 4 rings (SSSR count). The van der Waals surface area contributed by atoms with Crippen molar-refractivity contribution in [1.29, 1.82) is 0 Å². The van der Waals surface area contributed by atoms with E-state index in [2.05, 4.69) is 26.8 Å². The first-order valence-electron chi connectivity index (χ1n) is 9.35. The fourth-order valence-corrected chi connectivity index (χ4v) is 4.04. The van der Waals surface area contributed by atoms with Gasteiger partial charge in [-0.05, 0) is 38.6 Å². The molecule has 2 saturated heterocycles. The summed E-state index contributed by atoms with van der Waals surface area (Å²) in [4.78, 5) is 28.4. The Balaban J connectivity index is 1.46. The van der Waals surface area contributed by atoms with Gasteiger partial charge in [-0.1, -0.05) is 0 Å². The standard InChI is InChI=1S/C18H28N6O/c1-12-14(9-20-18(21-12)23-7-5-22(2)6-8-23)17(25)24-10-15(13-3-4-13)16(19)11-24/h9,13,15-16H,3-8,10-11,19H2,1-2H3/t15-,16+/m0/s1. The number of anilines is 1. The number of likely N-dealkylation sites (N-methyl/N-ethyl adjacent to an activating group) is 1. The van der Waals surface area contributed by atoms with E-state index in [-0.39, 0.29) is 11.9 Å². The van der Waals surface area contributed by atoms with Gasteiger partial charge in [-0.2, -0.15) is 0 Å². The van der Waals surface area contributed by atoms with Gasteiger partial charge in [0.2, 0.25) is 5.95 Å². The molecule has 1 aromatic heterocycles. The summed E-state index contributed by atoms with van der Waals surface area (Å²) in [6.45, 7) is 7.21. The minimum atomic E-state index is 0.0287. The highest BCUT2D eigenvalue weighted by atomic mass is 16.2. The van der Waals surface area contributed by atoms with E-state index in [1.165, 1.54) is 12.8 Å². The lowest BCUT2D eigenvalue weighted by molar-refractivity contribution is 0.0783. The molecule has 3 fully saturated rings. The van der Waals surface area contributed by atoms with Crippen molar-refractivity contribution in [2.75, 3.05) is 51.2 Å². The van der Waals surface area contributed by atoms with Crippen molar-refractivity contribution < 1.29 is 4.79 Å². The van der Waals surface area contributed by atoms with E-state index < -0.39 is 0 Å². The normalized spacial score (nSPS) is 27.8. The molecule has 0 bridgehead atoms. The van der Waals surface area contributed by atoms with Gasteiger partial charge in [0.25, 0.3) is 5.91 Å². The van der Waals surface area contributed by atoms with Crippen LogP contribution < -0.4 is 10.6 Å². The first kappa shape index (κ1) is 16.7. The van der Waals surface area contributed by atoms with Crippen LogP contribution in [0.3, 0.4) is 0 Å². The van der Waals surface area contributed by atoms with Gasteiger partial charge < -0.3 is 20.4 Å². The third kappa shape index (κ3) is 3.35. The minimum absolute atomic E-state index is 0.0287. The summed E-state index contributed by atoms with van der Waals surface area (Å²) < 4.78 is 0. The zero-order valence-corrected chi connectivity index (χ0v) is 15.2. The highest BCUT2D eigenvalue weighted by Gasteiger charge is 2.42. The molecule has 2 aliphatic heterocycles. The number of hydrogen-bond donors (Lipinski definition) is 1. The van der Waals surface area contributed by atoms with E-state index in [4.69, 9.17) is 5.73 Å². The zero-order valence-electron chi connectivity index (χ0n) is 15.2. The molecule has 25 heavy (non-hydrogen) atoms. The smallest absolute Gasteiger partial charge is 0.257 e. The third-order valence-electron chi connectivity index (χ3n) is 5.91. The highest BCUT2D eigenvalue weighted by molar-refractivity contribution is 5.95. The molecule has 0 spiro atoms. The van der Waals surface area contributed by atoms with E-state index >= 15 is 0 Å². The number of carbonyl (C=O) groups is 1. The van der Waals surface area contributed by atoms with Crippen LogP contribution in [0.2, 0.25) is 0 Å². The maximum atomic E-state index is 12.9. The molecule has 7 nitrogen and oxygen atoms in total. The van der Waals surface area contributed by atoms with Crippen LogP contribution in [0.25, 0.3) is 0 Å². The highest BCUT2D eigenvalue weighted by Crippen LogP contribution is 2.41. The number of amides is 1. The van der Waals surface area contributed by atoms with Crippen molar-refractivity contribution in [2.24, 2.45) is 17.6 Å². The van der Waals surface area contributed by atoms with Crippen LogP contribution in [0.15, 0.2) is 6.20 Å². The van der Waals surface area contributed by atoms with E-state index in [1.807, 2.05) is 11.8 Å². The summed E-state index contributed by atoms with van der Waals surface area (Å²) in [5.74, 6) is 1.96. The van der Waals surface area contributed by atoms with Gasteiger partial charge in [0.05, 0.1) is 11.3 Å². The first-order chi connectivity index (χ1) is 12.0. The molecular weight excluding hydrogens is 316 g/mol. The van der Waals surface area contributed by atoms with Gasteiger partial charge in [0.1, 0.15) is 0 Å². The third-order valence-corrected chi connectivity index (χ3v) is 5.91. The molecule has 1 aromatic rings. The Hall–Kier alpha value is -1.73. The van der Waals surface area contributed by atoms with Crippen molar-refractivity contribution >= 4 is 11.9 Å². The Morgan fingerprint density at radius 2 is 1.92 bits per heavy atom. The van der Waals surface area contributed by atoms with Gasteiger partial charge in [0, 0.05) is 51.5 Å². The van der Waals surface area contributed by atoms with Gasteiger partial charge in [0.15, 0.2) is 0 Å². The van der Waals surface area contributed by atoms with Crippen LogP contribution in [0.5, 0.6) is 0 Å². The molecule has 0 aromatic carbocycles. The Morgan fingerprint density at radius 1 is 1.20 bits per heavy atom. The lowest BCUT2D eigenvalue weighted by atomic mass is 9.99. The van der Waals surface area contributed by atoms with Crippen LogP contribution in [0.1, 0.15) is 28.9 Å². The van der Waals surface area contributed by atoms with Gasteiger partial charge in [-0.15, -0.1) is 0 Å². The van der Waals surface area contributed by atoms with Crippen molar-refractivity contribution in [3.8, 4) is 0 Å². The average Bonchev–Trinajstić information content (AvgIpc) is 3.37. The van der Waals surface area contributed by atoms with Gasteiger partial charge >= 0.3 is 0 Å². The van der Waals surface area contributed by atoms with Crippen molar-refractivity contribution in [3.05, 3.63) is 17.5 Å². The number of nitrogens with zero attached hydrogens (tertiary/aromatic N) is 5. The summed E-state index contributed by atoms with van der Waals surface area (Å²) >= 11 is 0. The lowest BCUT2D eigenvalue weighted by Gasteiger charge is -2.32. The van der Waals surface area contributed by atoms with Crippen LogP contribution in [-0.4, -0.2) is 78.0 Å². The Bertz CT molecular complexity index is 653. The second-order valence-corrected chi connectivity index (χ2v) is 7.83. The van der Waals surface area contributed by atoms with Gasteiger partial charge in [-0.3, -0.25) is 4.79 Å². The quantitative estimate of drug-likeness (QED) is 0.852. The molecule has 1 amide bonds. The average molecular weight is 344 g/mol. The molecule has 1 saturated carbocycles. The number of hydrogen-bond acceptors (Lipinski definition) is 6. The summed E-state index contributed by atoms with van der Waals surface area (Å²) in [5, 5.41) is 0. The lowest BCUT2D eigenvalue weighted by Crippen LogP contribution is -2.45. The molecule has 2 N–H and O–H groups in total. The second-order valence-electron chi connectivity index (χ2n) is 7.83.